The van der Waals surface area contributed by atoms with Crippen LogP contribution in [0.2, 0.25) is 0 Å². The first kappa shape index (κ1) is 47.7. The van der Waals surface area contributed by atoms with Crippen molar-refractivity contribution in [2.45, 2.75) is 145 Å². The van der Waals surface area contributed by atoms with Crippen LogP contribution in [-0.2, 0) is 47.6 Å². The molecule has 0 spiro atoms. The molecule has 3 fully saturated rings. The van der Waals surface area contributed by atoms with E-state index < -0.39 is 147 Å². The van der Waals surface area contributed by atoms with E-state index in [0.717, 1.165) is 13.8 Å². The van der Waals surface area contributed by atoms with Gasteiger partial charge in [-0.25, -0.2) is 4.79 Å². The van der Waals surface area contributed by atoms with E-state index in [-0.39, 0.29) is 19.1 Å². The zero-order chi connectivity index (χ0) is 42.1. The van der Waals surface area contributed by atoms with Gasteiger partial charge in [-0.15, -0.1) is 0 Å². The molecule has 23 heteroatoms. The highest BCUT2D eigenvalue weighted by molar-refractivity contribution is 5.78. The first-order valence-corrected chi connectivity index (χ1v) is 18.4. The number of amides is 3. The highest BCUT2D eigenvalue weighted by Gasteiger charge is 2.57. The highest BCUT2D eigenvalue weighted by Crippen LogP contribution is 2.35. The molecule has 0 bridgehead atoms. The lowest BCUT2D eigenvalue weighted by Gasteiger charge is -2.48. The Morgan fingerprint density at radius 2 is 1.48 bits per heavy atom. The van der Waals surface area contributed by atoms with E-state index in [1.807, 2.05) is 0 Å². The van der Waals surface area contributed by atoms with Crippen molar-refractivity contribution < 1.29 is 93.6 Å². The number of aliphatic carboxylic acids is 1. The van der Waals surface area contributed by atoms with Gasteiger partial charge in [0.05, 0.1) is 38.1 Å². The van der Waals surface area contributed by atoms with E-state index in [4.69, 9.17) is 34.2 Å². The summed E-state index contributed by atoms with van der Waals surface area (Å²) in [6, 6.07) is -2.80. The smallest absolute Gasteiger partial charge is 0.364 e. The molecule has 0 aromatic rings. The molecule has 324 valence electrons. The minimum atomic E-state index is -2.86. The van der Waals surface area contributed by atoms with E-state index >= 15 is 0 Å². The summed E-state index contributed by atoms with van der Waals surface area (Å²) in [7, 11) is 0. The Bertz CT molecular complexity index is 1300. The molecule has 23 nitrogen and oxygen atoms in total. The number of hydrogen-bond acceptors (Lipinski definition) is 19. The number of hydrogen-bond donors (Lipinski definition) is 13. The van der Waals surface area contributed by atoms with Gasteiger partial charge in [0.2, 0.25) is 17.7 Å². The van der Waals surface area contributed by atoms with Crippen LogP contribution in [0.25, 0.3) is 0 Å². The molecular weight excluding hydrogens is 756 g/mol. The second-order valence-corrected chi connectivity index (χ2v) is 14.0. The summed E-state index contributed by atoms with van der Waals surface area (Å²) in [5, 5.41) is 104. The van der Waals surface area contributed by atoms with Gasteiger partial charge in [-0.1, -0.05) is 13.8 Å². The van der Waals surface area contributed by atoms with Crippen molar-refractivity contribution >= 4 is 23.7 Å². The summed E-state index contributed by atoms with van der Waals surface area (Å²) in [6.07, 6.45) is -23.1. The van der Waals surface area contributed by atoms with Crippen molar-refractivity contribution in [3.63, 3.8) is 0 Å². The lowest BCUT2D eigenvalue weighted by molar-refractivity contribution is -0.359. The molecule has 0 aromatic heterocycles. The third-order valence-corrected chi connectivity index (χ3v) is 9.90. The molecule has 0 unspecified atom stereocenters. The Kier molecular flexibility index (Phi) is 18.2. The first-order valence-electron chi connectivity index (χ1n) is 18.4. The first-order chi connectivity index (χ1) is 26.4. The molecule has 3 amide bonds. The van der Waals surface area contributed by atoms with Gasteiger partial charge in [-0.2, -0.15) is 0 Å². The maximum Gasteiger partial charge on any atom is 0.364 e. The van der Waals surface area contributed by atoms with Gasteiger partial charge in [0.25, 0.3) is 5.79 Å². The summed E-state index contributed by atoms with van der Waals surface area (Å²) in [4.78, 5) is 49.2. The lowest BCUT2D eigenvalue weighted by atomic mass is 9.88. The average Bonchev–Trinajstić information content (AvgIpc) is 3.15. The summed E-state index contributed by atoms with van der Waals surface area (Å²) < 4.78 is 33.9. The third kappa shape index (κ3) is 11.5. The monoisotopic (exact) mass is 814 g/mol. The zero-order valence-electron chi connectivity index (χ0n) is 31.6. The quantitative estimate of drug-likeness (QED) is 0.0576. The minimum absolute atomic E-state index is 0.0444. The van der Waals surface area contributed by atoms with Crippen LogP contribution in [0.1, 0.15) is 47.0 Å². The van der Waals surface area contributed by atoms with Crippen LogP contribution in [0.15, 0.2) is 0 Å². The average molecular weight is 815 g/mol. The molecule has 0 radical (unpaired) electrons. The van der Waals surface area contributed by atoms with Crippen LogP contribution in [0, 0.1) is 5.92 Å². The van der Waals surface area contributed by atoms with Crippen LogP contribution >= 0.6 is 0 Å². The fourth-order valence-corrected chi connectivity index (χ4v) is 6.79. The predicted octanol–water partition coefficient (Wildman–Crippen LogP) is -6.54. The van der Waals surface area contributed by atoms with E-state index in [0.29, 0.717) is 12.8 Å². The molecule has 3 aliphatic rings. The number of nitrogens with one attached hydrogen (secondary N) is 3. The van der Waals surface area contributed by atoms with Gasteiger partial charge in [-0.3, -0.25) is 14.4 Å². The standard InChI is InChI=1S/C33H58N4O19/c1-5-15(6-2)29(48)35-10-17(42)22(43)28-20(36-13(3)39)16(41)9-33(56-28,32(49)50)52-12-19-23(44)25(46)26(47)31(54-19)55-27-18(11-38)53-30(51-8-7-34)21(24(27)45)37-14(4)40/h15-28,30-31,38,41-47H,5-12,34H2,1-4H3,(H,35,48)(H,36,39)(H,37,40)(H,49,50)/t16-,17+,18+,19+,20+,21+,22+,23-,24+,25-,26+,27+,28+,30+,31-,33+/m0/s1. The summed E-state index contributed by atoms with van der Waals surface area (Å²) in [5.74, 6) is -6.86. The summed E-state index contributed by atoms with van der Waals surface area (Å²) in [5.41, 5.74) is 5.49. The minimum Gasteiger partial charge on any atom is -0.477 e. The van der Waals surface area contributed by atoms with E-state index in [1.165, 1.54) is 0 Å². The second kappa shape index (κ2) is 21.3. The zero-order valence-corrected chi connectivity index (χ0v) is 31.6. The topological polar surface area (TPSA) is 368 Å². The Hall–Kier alpha value is -2.72. The summed E-state index contributed by atoms with van der Waals surface area (Å²) >= 11 is 0. The molecule has 0 aliphatic carbocycles. The number of carboxylic acids is 1. The Morgan fingerprint density at radius 3 is 2.04 bits per heavy atom. The van der Waals surface area contributed by atoms with Crippen LogP contribution in [0.4, 0.5) is 0 Å². The molecule has 14 N–H and O–H groups in total. The SMILES string of the molecule is CCC(CC)C(=O)NC[C@@H](O)[C@@H](O)[C@@H]1O[C@@](OC[C@H]2O[C@@H](O[C@H]3[C@H](O)[C@@H](NC(C)=O)[C@H](OCCN)O[C@@H]3CO)[C@H](O)[C@@H](O)[C@H]2O)(C(=O)O)C[C@H](O)[C@H]1NC(C)=O. The van der Waals surface area contributed by atoms with Crippen LogP contribution in [-0.4, -0.2) is 200 Å². The van der Waals surface area contributed by atoms with Gasteiger partial charge in [-0.05, 0) is 12.8 Å². The number of ether oxygens (including phenoxy) is 6. The maximum absolute atomic E-state index is 12.8. The van der Waals surface area contributed by atoms with Crippen molar-refractivity contribution in [1.29, 1.82) is 0 Å². The van der Waals surface area contributed by atoms with Gasteiger partial charge < -0.3 is 96.1 Å². The second-order valence-electron chi connectivity index (χ2n) is 14.0. The molecule has 0 saturated carbocycles. The Labute approximate surface area is 322 Å². The third-order valence-electron chi connectivity index (χ3n) is 9.90. The maximum atomic E-state index is 12.8. The van der Waals surface area contributed by atoms with Crippen LogP contribution in [0.5, 0.6) is 0 Å². The van der Waals surface area contributed by atoms with Crippen molar-refractivity contribution in [1.82, 2.24) is 16.0 Å². The number of aliphatic hydroxyl groups is 8. The van der Waals surface area contributed by atoms with Crippen LogP contribution in [0.3, 0.4) is 0 Å². The summed E-state index contributed by atoms with van der Waals surface area (Å²) in [6.45, 7) is 3.51. The molecule has 3 rings (SSSR count). The Morgan fingerprint density at radius 1 is 0.875 bits per heavy atom. The largest absolute Gasteiger partial charge is 0.477 e. The number of carbonyl (C=O) groups is 4. The Balaban J connectivity index is 1.84. The van der Waals surface area contributed by atoms with E-state index in [9.17, 15) is 65.1 Å². The van der Waals surface area contributed by atoms with Gasteiger partial charge in [0.15, 0.2) is 12.6 Å². The van der Waals surface area contributed by atoms with Crippen LogP contribution < -0.4 is 21.7 Å². The van der Waals surface area contributed by atoms with Crippen molar-refractivity contribution in [2.75, 3.05) is 32.9 Å². The van der Waals surface area contributed by atoms with Gasteiger partial charge >= 0.3 is 5.97 Å². The molecule has 3 aliphatic heterocycles. The molecule has 3 heterocycles. The number of carboxylic acid groups (broad SMARTS) is 1. The molecule has 3 saturated heterocycles. The fourth-order valence-electron chi connectivity index (χ4n) is 6.79. The van der Waals surface area contributed by atoms with Gasteiger partial charge in [0.1, 0.15) is 61.0 Å². The molecule has 16 atom stereocenters. The lowest BCUT2D eigenvalue weighted by Crippen LogP contribution is -2.69. The fraction of sp³-hybridized carbons (Fsp3) is 0.879. The highest BCUT2D eigenvalue weighted by atomic mass is 16.8. The number of nitrogens with two attached hydrogens (primary N) is 1. The molecular formula is C33H58N4O19. The normalized spacial score (nSPS) is 37.4. The molecule has 0 aromatic carbocycles. The number of rotatable bonds is 19. The van der Waals surface area contributed by atoms with E-state index in [1.54, 1.807) is 13.8 Å². The van der Waals surface area contributed by atoms with Gasteiger partial charge in [0, 0.05) is 39.3 Å². The van der Waals surface area contributed by atoms with Crippen molar-refractivity contribution in [3.05, 3.63) is 0 Å². The predicted molar refractivity (Wildman–Crippen MR) is 184 cm³/mol. The van der Waals surface area contributed by atoms with E-state index in [2.05, 4.69) is 16.0 Å². The number of aliphatic hydroxyl groups excluding tert-OH is 8. The number of carbonyl (C=O) groups excluding carboxylic acids is 3. The van der Waals surface area contributed by atoms with Crippen molar-refractivity contribution in [3.8, 4) is 0 Å². The van der Waals surface area contributed by atoms with Crippen molar-refractivity contribution in [2.24, 2.45) is 11.7 Å². The molecule has 56 heavy (non-hydrogen) atoms.